The third-order valence-electron chi connectivity index (χ3n) is 1.85. The zero-order valence-electron chi connectivity index (χ0n) is 8.47. The number of aromatic carboxylic acids is 1. The fourth-order valence-corrected chi connectivity index (χ4v) is 1.18. The van der Waals surface area contributed by atoms with Crippen molar-refractivity contribution in [2.45, 2.75) is 13.3 Å². The number of hydrogen-bond donors (Lipinski definition) is 2. The first kappa shape index (κ1) is 11.4. The van der Waals surface area contributed by atoms with Crippen molar-refractivity contribution in [3.8, 4) is 0 Å². The van der Waals surface area contributed by atoms with E-state index in [0.717, 1.165) is 5.56 Å². The summed E-state index contributed by atoms with van der Waals surface area (Å²) in [5.74, 6) is -1.04. The van der Waals surface area contributed by atoms with Crippen LogP contribution in [0, 0.1) is 6.92 Å². The molecule has 0 bridgehead atoms. The van der Waals surface area contributed by atoms with Crippen molar-refractivity contribution in [1.82, 2.24) is 4.98 Å². The highest BCUT2D eigenvalue weighted by atomic mass is 16.4. The summed E-state index contributed by atoms with van der Waals surface area (Å²) in [5, 5.41) is 17.5. The summed E-state index contributed by atoms with van der Waals surface area (Å²) in [5.41, 5.74) is 1.51. The van der Waals surface area contributed by atoms with Crippen LogP contribution >= 0.6 is 0 Å². The standard InChI is InChI=1S/C11H13NO3/c1-8-6-9(4-2-3-5-13)10(11(14)15)12-7-8/h2,4,6-7,13H,3,5H2,1H3,(H,14,15). The molecule has 0 aliphatic carbocycles. The highest BCUT2D eigenvalue weighted by Crippen LogP contribution is 2.11. The molecular formula is C11H13NO3. The fraction of sp³-hybridized carbons (Fsp3) is 0.273. The van der Waals surface area contributed by atoms with Crippen molar-refractivity contribution in [2.24, 2.45) is 0 Å². The van der Waals surface area contributed by atoms with Crippen molar-refractivity contribution < 1.29 is 15.0 Å². The molecule has 0 amide bonds. The number of carboxylic acid groups (broad SMARTS) is 1. The van der Waals surface area contributed by atoms with Gasteiger partial charge < -0.3 is 10.2 Å². The van der Waals surface area contributed by atoms with Gasteiger partial charge >= 0.3 is 5.97 Å². The summed E-state index contributed by atoms with van der Waals surface area (Å²) in [6.45, 7) is 1.90. The predicted octanol–water partition coefficient (Wildman–Crippen LogP) is 1.48. The topological polar surface area (TPSA) is 70.4 Å². The average molecular weight is 207 g/mol. The van der Waals surface area contributed by atoms with Gasteiger partial charge in [0.2, 0.25) is 0 Å². The monoisotopic (exact) mass is 207 g/mol. The van der Waals surface area contributed by atoms with Gasteiger partial charge in [-0.05, 0) is 25.0 Å². The molecule has 1 aromatic heterocycles. The van der Waals surface area contributed by atoms with Gasteiger partial charge in [-0.3, -0.25) is 0 Å². The first-order valence-electron chi connectivity index (χ1n) is 4.62. The molecule has 0 saturated carbocycles. The second kappa shape index (κ2) is 5.26. The minimum atomic E-state index is -1.04. The number of hydrogen-bond acceptors (Lipinski definition) is 3. The van der Waals surface area contributed by atoms with E-state index in [2.05, 4.69) is 4.98 Å². The molecule has 0 aliphatic heterocycles. The molecule has 2 N–H and O–H groups in total. The van der Waals surface area contributed by atoms with Gasteiger partial charge in [-0.2, -0.15) is 0 Å². The molecule has 0 aromatic carbocycles. The largest absolute Gasteiger partial charge is 0.476 e. The summed E-state index contributed by atoms with van der Waals surface area (Å²) in [6, 6.07) is 1.75. The third kappa shape index (κ3) is 3.18. The minimum absolute atomic E-state index is 0.0368. The molecule has 4 heteroatoms. The number of aryl methyl sites for hydroxylation is 1. The average Bonchev–Trinajstić information content (AvgIpc) is 2.18. The van der Waals surface area contributed by atoms with Crippen molar-refractivity contribution in [3.05, 3.63) is 35.2 Å². The van der Waals surface area contributed by atoms with Crippen LogP contribution in [0.1, 0.15) is 28.0 Å². The SMILES string of the molecule is Cc1cnc(C(=O)O)c(C=CCCO)c1. The molecule has 0 spiro atoms. The molecule has 15 heavy (non-hydrogen) atoms. The Bertz CT molecular complexity index is 385. The molecule has 0 unspecified atom stereocenters. The minimum Gasteiger partial charge on any atom is -0.476 e. The molecule has 1 heterocycles. The lowest BCUT2D eigenvalue weighted by Gasteiger charge is -2.01. The Morgan fingerprint density at radius 2 is 2.33 bits per heavy atom. The number of rotatable bonds is 4. The lowest BCUT2D eigenvalue weighted by molar-refractivity contribution is 0.0690. The van der Waals surface area contributed by atoms with Gasteiger partial charge in [-0.25, -0.2) is 9.78 Å². The maximum absolute atomic E-state index is 10.8. The molecule has 1 rings (SSSR count). The highest BCUT2D eigenvalue weighted by Gasteiger charge is 2.08. The summed E-state index contributed by atoms with van der Waals surface area (Å²) < 4.78 is 0. The molecule has 0 atom stereocenters. The predicted molar refractivity (Wildman–Crippen MR) is 56.7 cm³/mol. The Hall–Kier alpha value is -1.68. The zero-order chi connectivity index (χ0) is 11.3. The molecule has 0 radical (unpaired) electrons. The lowest BCUT2D eigenvalue weighted by Crippen LogP contribution is -2.03. The zero-order valence-corrected chi connectivity index (χ0v) is 8.47. The highest BCUT2D eigenvalue weighted by molar-refractivity contribution is 5.89. The summed E-state index contributed by atoms with van der Waals surface area (Å²) in [4.78, 5) is 14.7. The van der Waals surface area contributed by atoms with Crippen LogP contribution in [-0.2, 0) is 0 Å². The van der Waals surface area contributed by atoms with Gasteiger partial charge in [0, 0.05) is 18.4 Å². The van der Waals surface area contributed by atoms with Gasteiger partial charge in [0.1, 0.15) is 0 Å². The Kier molecular flexibility index (Phi) is 4.00. The van der Waals surface area contributed by atoms with Crippen LogP contribution in [0.4, 0.5) is 0 Å². The number of aliphatic hydroxyl groups excluding tert-OH is 1. The smallest absolute Gasteiger partial charge is 0.355 e. The summed E-state index contributed by atoms with van der Waals surface area (Å²) >= 11 is 0. The van der Waals surface area contributed by atoms with Crippen LogP contribution in [0.2, 0.25) is 0 Å². The Labute approximate surface area is 87.9 Å². The number of nitrogens with zero attached hydrogens (tertiary/aromatic N) is 1. The van der Waals surface area contributed by atoms with Crippen LogP contribution in [0.3, 0.4) is 0 Å². The Morgan fingerprint density at radius 3 is 2.93 bits per heavy atom. The first-order chi connectivity index (χ1) is 7.15. The van der Waals surface area contributed by atoms with E-state index >= 15 is 0 Å². The van der Waals surface area contributed by atoms with E-state index in [-0.39, 0.29) is 12.3 Å². The van der Waals surface area contributed by atoms with E-state index < -0.39 is 5.97 Å². The molecule has 0 fully saturated rings. The van der Waals surface area contributed by atoms with E-state index in [9.17, 15) is 4.79 Å². The molecule has 0 aliphatic rings. The van der Waals surface area contributed by atoms with Crippen molar-refractivity contribution in [1.29, 1.82) is 0 Å². The van der Waals surface area contributed by atoms with Crippen LogP contribution in [0.25, 0.3) is 6.08 Å². The number of aliphatic hydroxyl groups is 1. The molecule has 1 aromatic rings. The first-order valence-corrected chi connectivity index (χ1v) is 4.62. The number of pyridine rings is 1. The van der Waals surface area contributed by atoms with E-state index in [4.69, 9.17) is 10.2 Å². The van der Waals surface area contributed by atoms with Crippen molar-refractivity contribution in [2.75, 3.05) is 6.61 Å². The van der Waals surface area contributed by atoms with E-state index in [1.54, 1.807) is 18.2 Å². The Balaban J connectivity index is 3.02. The molecule has 4 nitrogen and oxygen atoms in total. The summed E-state index contributed by atoms with van der Waals surface area (Å²) in [7, 11) is 0. The number of aromatic nitrogens is 1. The van der Waals surface area contributed by atoms with Crippen LogP contribution < -0.4 is 0 Å². The van der Waals surface area contributed by atoms with Crippen LogP contribution in [0.5, 0.6) is 0 Å². The third-order valence-corrected chi connectivity index (χ3v) is 1.85. The molecule has 80 valence electrons. The van der Waals surface area contributed by atoms with E-state index in [0.29, 0.717) is 12.0 Å². The van der Waals surface area contributed by atoms with Crippen LogP contribution in [-0.4, -0.2) is 27.8 Å². The second-order valence-corrected chi connectivity index (χ2v) is 3.17. The maximum Gasteiger partial charge on any atom is 0.355 e. The maximum atomic E-state index is 10.8. The van der Waals surface area contributed by atoms with E-state index in [1.165, 1.54) is 6.20 Å². The van der Waals surface area contributed by atoms with Crippen molar-refractivity contribution in [3.63, 3.8) is 0 Å². The fourth-order valence-electron chi connectivity index (χ4n) is 1.18. The van der Waals surface area contributed by atoms with Crippen LogP contribution in [0.15, 0.2) is 18.3 Å². The molecular weight excluding hydrogens is 194 g/mol. The van der Waals surface area contributed by atoms with Crippen molar-refractivity contribution >= 4 is 12.0 Å². The number of carbonyl (C=O) groups is 1. The Morgan fingerprint density at radius 1 is 1.60 bits per heavy atom. The second-order valence-electron chi connectivity index (χ2n) is 3.17. The normalized spacial score (nSPS) is 10.8. The summed E-state index contributed by atoms with van der Waals surface area (Å²) in [6.07, 6.45) is 5.42. The van der Waals surface area contributed by atoms with Gasteiger partial charge in [-0.15, -0.1) is 0 Å². The van der Waals surface area contributed by atoms with Gasteiger partial charge in [0.25, 0.3) is 0 Å². The lowest BCUT2D eigenvalue weighted by atomic mass is 10.1. The molecule has 0 saturated heterocycles. The van der Waals surface area contributed by atoms with Gasteiger partial charge in [0.15, 0.2) is 5.69 Å². The van der Waals surface area contributed by atoms with E-state index in [1.807, 2.05) is 6.92 Å². The van der Waals surface area contributed by atoms with Gasteiger partial charge in [0.05, 0.1) is 0 Å². The van der Waals surface area contributed by atoms with Gasteiger partial charge in [-0.1, -0.05) is 12.2 Å². The number of carboxylic acids is 1. The quantitative estimate of drug-likeness (QED) is 0.784.